The van der Waals surface area contributed by atoms with Gasteiger partial charge >= 0.3 is 12.1 Å². The summed E-state index contributed by atoms with van der Waals surface area (Å²) in [6, 6.07) is 16.0. The fourth-order valence-electron chi connectivity index (χ4n) is 3.25. The van der Waals surface area contributed by atoms with Crippen LogP contribution in [0.2, 0.25) is 0 Å². The minimum absolute atomic E-state index is 0.0164. The van der Waals surface area contributed by atoms with Crippen LogP contribution in [0.1, 0.15) is 15.9 Å². The molecule has 0 aliphatic rings. The third-order valence-corrected chi connectivity index (χ3v) is 4.70. The molecule has 31 heavy (non-hydrogen) atoms. The predicted octanol–water partition coefficient (Wildman–Crippen LogP) is 5.49. The monoisotopic (exact) mass is 427 g/mol. The molecule has 0 saturated heterocycles. The summed E-state index contributed by atoms with van der Waals surface area (Å²) >= 11 is 0. The summed E-state index contributed by atoms with van der Waals surface area (Å²) in [5.74, 6) is -0.427. The van der Waals surface area contributed by atoms with E-state index in [9.17, 15) is 23.1 Å². The standard InChI is InChI=1S/C22H16F3N3O3/c1-31-15-9-7-14(8-10-15)26-21-27-17-12-13(20(29)30)6-11-19(17)28(21)18-5-3-2-4-16(18)22(23,24)25/h2-12H,1H3,(H,26,27)(H,29,30). The summed E-state index contributed by atoms with van der Waals surface area (Å²) in [6.07, 6.45) is -4.59. The highest BCUT2D eigenvalue weighted by Crippen LogP contribution is 2.37. The molecule has 9 heteroatoms. The van der Waals surface area contributed by atoms with Crippen molar-refractivity contribution < 1.29 is 27.8 Å². The summed E-state index contributed by atoms with van der Waals surface area (Å²) in [7, 11) is 1.52. The number of aromatic nitrogens is 2. The van der Waals surface area contributed by atoms with E-state index in [0.717, 1.165) is 6.07 Å². The quantitative estimate of drug-likeness (QED) is 0.440. The number of para-hydroxylation sites is 1. The molecule has 4 rings (SSSR count). The molecule has 0 aliphatic heterocycles. The highest BCUT2D eigenvalue weighted by Gasteiger charge is 2.34. The van der Waals surface area contributed by atoms with E-state index >= 15 is 0 Å². The fraction of sp³-hybridized carbons (Fsp3) is 0.0909. The summed E-state index contributed by atoms with van der Waals surface area (Å²) in [4.78, 5) is 15.7. The number of ether oxygens (including phenoxy) is 1. The summed E-state index contributed by atoms with van der Waals surface area (Å²) in [5.41, 5.74) is 0.161. The van der Waals surface area contributed by atoms with Gasteiger partial charge in [0.25, 0.3) is 0 Å². The number of hydrogen-bond acceptors (Lipinski definition) is 4. The molecule has 0 bridgehead atoms. The van der Waals surface area contributed by atoms with E-state index in [1.807, 2.05) is 0 Å². The van der Waals surface area contributed by atoms with Gasteiger partial charge in [-0.2, -0.15) is 13.2 Å². The minimum atomic E-state index is -4.59. The smallest absolute Gasteiger partial charge is 0.418 e. The van der Waals surface area contributed by atoms with Crippen LogP contribution >= 0.6 is 0 Å². The Morgan fingerprint density at radius 2 is 1.77 bits per heavy atom. The van der Waals surface area contributed by atoms with Gasteiger partial charge < -0.3 is 15.2 Å². The van der Waals surface area contributed by atoms with E-state index in [-0.39, 0.29) is 22.7 Å². The van der Waals surface area contributed by atoms with E-state index in [1.54, 1.807) is 24.3 Å². The van der Waals surface area contributed by atoms with Gasteiger partial charge in [0, 0.05) is 5.69 Å². The largest absolute Gasteiger partial charge is 0.497 e. The minimum Gasteiger partial charge on any atom is -0.497 e. The van der Waals surface area contributed by atoms with Crippen molar-refractivity contribution in [1.82, 2.24) is 9.55 Å². The molecule has 0 saturated carbocycles. The van der Waals surface area contributed by atoms with E-state index in [1.165, 1.54) is 48.1 Å². The Kier molecular flexibility index (Phi) is 5.02. The number of alkyl halides is 3. The number of carboxylic acid groups (broad SMARTS) is 1. The fourth-order valence-corrected chi connectivity index (χ4v) is 3.25. The van der Waals surface area contributed by atoms with Crippen molar-refractivity contribution in [3.63, 3.8) is 0 Å². The maximum atomic E-state index is 13.7. The Labute approximate surface area is 174 Å². The first-order valence-electron chi connectivity index (χ1n) is 9.11. The second-order valence-corrected chi connectivity index (χ2v) is 6.65. The Morgan fingerprint density at radius 1 is 1.06 bits per heavy atom. The molecule has 1 heterocycles. The molecule has 1 aromatic heterocycles. The molecule has 0 fully saturated rings. The first-order valence-corrected chi connectivity index (χ1v) is 9.11. The number of methoxy groups -OCH3 is 1. The third kappa shape index (κ3) is 3.89. The molecular formula is C22H16F3N3O3. The molecule has 0 amide bonds. The molecular weight excluding hydrogens is 411 g/mol. The Bertz CT molecular complexity index is 1260. The Balaban J connectivity index is 1.93. The van der Waals surface area contributed by atoms with Crippen LogP contribution in [0.4, 0.5) is 24.8 Å². The van der Waals surface area contributed by atoms with Crippen LogP contribution in [0.25, 0.3) is 16.7 Å². The van der Waals surface area contributed by atoms with Gasteiger partial charge in [0.2, 0.25) is 5.95 Å². The van der Waals surface area contributed by atoms with Crippen molar-refractivity contribution in [3.05, 3.63) is 77.9 Å². The summed E-state index contributed by atoms with van der Waals surface area (Å²) in [5, 5.41) is 12.3. The molecule has 0 atom stereocenters. The van der Waals surface area contributed by atoms with Gasteiger partial charge in [-0.15, -0.1) is 0 Å². The number of nitrogens with one attached hydrogen (secondary N) is 1. The van der Waals surface area contributed by atoms with Crippen molar-refractivity contribution in [3.8, 4) is 11.4 Å². The number of imidazole rings is 1. The second-order valence-electron chi connectivity index (χ2n) is 6.65. The molecule has 158 valence electrons. The lowest BCUT2D eigenvalue weighted by molar-refractivity contribution is -0.137. The van der Waals surface area contributed by atoms with Crippen LogP contribution in [0.15, 0.2) is 66.7 Å². The number of fused-ring (bicyclic) bond motifs is 1. The average Bonchev–Trinajstić information content (AvgIpc) is 3.10. The molecule has 3 aromatic carbocycles. The molecule has 4 aromatic rings. The highest BCUT2D eigenvalue weighted by atomic mass is 19.4. The van der Waals surface area contributed by atoms with Gasteiger partial charge in [-0.25, -0.2) is 9.78 Å². The second kappa shape index (κ2) is 7.67. The van der Waals surface area contributed by atoms with Gasteiger partial charge in [0.05, 0.1) is 35.0 Å². The van der Waals surface area contributed by atoms with Crippen LogP contribution in [0.3, 0.4) is 0 Å². The summed E-state index contributed by atoms with van der Waals surface area (Å²) in [6.45, 7) is 0. The number of benzene rings is 3. The van der Waals surface area contributed by atoms with Crippen molar-refractivity contribution in [1.29, 1.82) is 0 Å². The van der Waals surface area contributed by atoms with Crippen LogP contribution in [-0.4, -0.2) is 27.7 Å². The van der Waals surface area contributed by atoms with Crippen LogP contribution in [-0.2, 0) is 6.18 Å². The number of hydrogen-bond donors (Lipinski definition) is 2. The normalized spacial score (nSPS) is 11.5. The number of carbonyl (C=O) groups is 1. The third-order valence-electron chi connectivity index (χ3n) is 4.70. The number of rotatable bonds is 5. The molecule has 0 unspecified atom stereocenters. The van der Waals surface area contributed by atoms with Gasteiger partial charge in [0.1, 0.15) is 5.75 Å². The van der Waals surface area contributed by atoms with Gasteiger partial charge in [0.15, 0.2) is 0 Å². The van der Waals surface area contributed by atoms with Gasteiger partial charge in [-0.05, 0) is 54.6 Å². The van der Waals surface area contributed by atoms with Crippen LogP contribution < -0.4 is 10.1 Å². The number of anilines is 2. The SMILES string of the molecule is COc1ccc(Nc2nc3cc(C(=O)O)ccc3n2-c2ccccc2C(F)(F)F)cc1. The van der Waals surface area contributed by atoms with Gasteiger partial charge in [-0.3, -0.25) is 4.57 Å². The van der Waals surface area contributed by atoms with Gasteiger partial charge in [-0.1, -0.05) is 12.1 Å². The molecule has 6 nitrogen and oxygen atoms in total. The molecule has 0 spiro atoms. The lowest BCUT2D eigenvalue weighted by Crippen LogP contribution is -2.12. The van der Waals surface area contributed by atoms with Crippen molar-refractivity contribution in [2.45, 2.75) is 6.18 Å². The van der Waals surface area contributed by atoms with Crippen molar-refractivity contribution in [2.75, 3.05) is 12.4 Å². The topological polar surface area (TPSA) is 76.4 Å². The first kappa shape index (κ1) is 20.3. The Hall–Kier alpha value is -4.01. The lowest BCUT2D eigenvalue weighted by atomic mass is 10.1. The van der Waals surface area contributed by atoms with E-state index in [0.29, 0.717) is 17.0 Å². The maximum absolute atomic E-state index is 13.7. The molecule has 0 radical (unpaired) electrons. The number of carboxylic acids is 1. The summed E-state index contributed by atoms with van der Waals surface area (Å²) < 4.78 is 47.6. The molecule has 0 aliphatic carbocycles. The number of nitrogens with zero attached hydrogens (tertiary/aromatic N) is 2. The number of aromatic carboxylic acids is 1. The van der Waals surface area contributed by atoms with E-state index in [2.05, 4.69) is 10.3 Å². The Morgan fingerprint density at radius 3 is 2.42 bits per heavy atom. The van der Waals surface area contributed by atoms with Crippen molar-refractivity contribution in [2.24, 2.45) is 0 Å². The molecule has 2 N–H and O–H groups in total. The van der Waals surface area contributed by atoms with E-state index in [4.69, 9.17) is 4.74 Å². The zero-order valence-corrected chi connectivity index (χ0v) is 16.1. The van der Waals surface area contributed by atoms with Crippen LogP contribution in [0.5, 0.6) is 5.75 Å². The predicted molar refractivity (Wildman–Crippen MR) is 109 cm³/mol. The lowest BCUT2D eigenvalue weighted by Gasteiger charge is -2.17. The number of halogens is 3. The highest BCUT2D eigenvalue weighted by molar-refractivity contribution is 5.93. The zero-order chi connectivity index (χ0) is 22.2. The van der Waals surface area contributed by atoms with Crippen molar-refractivity contribution >= 4 is 28.6 Å². The first-order chi connectivity index (χ1) is 14.8. The van der Waals surface area contributed by atoms with Crippen LogP contribution in [0, 0.1) is 0 Å². The average molecular weight is 427 g/mol. The zero-order valence-electron chi connectivity index (χ0n) is 16.1. The van der Waals surface area contributed by atoms with E-state index < -0.39 is 17.7 Å². The maximum Gasteiger partial charge on any atom is 0.418 e.